The summed E-state index contributed by atoms with van der Waals surface area (Å²) in [6.45, 7) is 14.0. The summed E-state index contributed by atoms with van der Waals surface area (Å²) in [5.74, 6) is 0.606. The van der Waals surface area contributed by atoms with Gasteiger partial charge in [0.25, 0.3) is 0 Å². The average molecular weight is 197 g/mol. The first-order valence-electron chi connectivity index (χ1n) is 5.35. The van der Waals surface area contributed by atoms with Gasteiger partial charge in [0.05, 0.1) is 6.04 Å². The summed E-state index contributed by atoms with van der Waals surface area (Å²) in [5.41, 5.74) is 1.04. The fraction of sp³-hybridized carbons (Fsp3) is 0.750. The molecule has 2 atom stereocenters. The molecular formula is C12H23NO. The summed E-state index contributed by atoms with van der Waals surface area (Å²) >= 11 is 0. The minimum absolute atomic E-state index is 0.0425. The Kier molecular flexibility index (Phi) is 5.51. The van der Waals surface area contributed by atoms with E-state index in [0.717, 1.165) is 12.0 Å². The summed E-state index contributed by atoms with van der Waals surface area (Å²) in [5, 5.41) is 3.03. The second-order valence-corrected chi connectivity index (χ2v) is 4.37. The number of rotatable bonds is 5. The van der Waals surface area contributed by atoms with Gasteiger partial charge in [-0.15, -0.1) is 0 Å². The zero-order chi connectivity index (χ0) is 11.3. The van der Waals surface area contributed by atoms with E-state index in [1.54, 1.807) is 0 Å². The molecule has 0 aliphatic carbocycles. The van der Waals surface area contributed by atoms with Crippen LogP contribution in [0.2, 0.25) is 0 Å². The summed E-state index contributed by atoms with van der Waals surface area (Å²) in [7, 11) is 0. The Bertz CT molecular complexity index is 208. The first kappa shape index (κ1) is 13.2. The molecule has 0 aliphatic rings. The van der Waals surface area contributed by atoms with Crippen molar-refractivity contribution in [2.75, 3.05) is 0 Å². The van der Waals surface area contributed by atoms with E-state index >= 15 is 0 Å². The molecule has 1 amide bonds. The standard InChI is InChI=1S/C12H23NO/c1-7-10(6)11(8(2)3)13-12(14)9(4)5/h9-11H,2,7H2,1,3-6H3,(H,13,14)/t10-,11?/m1/s1. The Morgan fingerprint density at radius 1 is 1.36 bits per heavy atom. The van der Waals surface area contributed by atoms with E-state index in [2.05, 4.69) is 25.7 Å². The topological polar surface area (TPSA) is 29.1 Å². The van der Waals surface area contributed by atoms with Crippen molar-refractivity contribution in [3.05, 3.63) is 12.2 Å². The number of hydrogen-bond acceptors (Lipinski definition) is 1. The molecule has 0 saturated heterocycles. The van der Waals surface area contributed by atoms with Crippen molar-refractivity contribution in [1.82, 2.24) is 5.32 Å². The Hall–Kier alpha value is -0.790. The minimum atomic E-state index is 0.0425. The molecule has 0 saturated carbocycles. The fourth-order valence-corrected chi connectivity index (χ4v) is 1.31. The molecule has 0 radical (unpaired) electrons. The molecule has 1 unspecified atom stereocenters. The molecule has 1 N–H and O–H groups in total. The summed E-state index contributed by atoms with van der Waals surface area (Å²) in [6, 6.07) is 0.120. The molecule has 0 heterocycles. The van der Waals surface area contributed by atoms with Gasteiger partial charge in [0.15, 0.2) is 0 Å². The Labute approximate surface area is 87.8 Å². The SMILES string of the molecule is C=C(C)C(NC(=O)C(C)C)[C@H](C)CC. The molecule has 0 aromatic carbocycles. The number of carbonyl (C=O) groups is 1. The van der Waals surface area contributed by atoms with Crippen molar-refractivity contribution in [3.8, 4) is 0 Å². The summed E-state index contributed by atoms with van der Waals surface area (Å²) in [6.07, 6.45) is 1.05. The largest absolute Gasteiger partial charge is 0.349 e. The van der Waals surface area contributed by atoms with Gasteiger partial charge in [0.1, 0.15) is 0 Å². The Morgan fingerprint density at radius 2 is 1.86 bits per heavy atom. The van der Waals surface area contributed by atoms with Crippen LogP contribution in [-0.4, -0.2) is 11.9 Å². The van der Waals surface area contributed by atoms with Gasteiger partial charge in [-0.05, 0) is 12.8 Å². The van der Waals surface area contributed by atoms with Crippen molar-refractivity contribution >= 4 is 5.91 Å². The number of hydrogen-bond donors (Lipinski definition) is 1. The second-order valence-electron chi connectivity index (χ2n) is 4.37. The van der Waals surface area contributed by atoms with Crippen LogP contribution in [0.25, 0.3) is 0 Å². The number of amides is 1. The predicted octanol–water partition coefficient (Wildman–Crippen LogP) is 2.75. The van der Waals surface area contributed by atoms with Crippen LogP contribution in [0.5, 0.6) is 0 Å². The number of nitrogens with one attached hydrogen (secondary N) is 1. The van der Waals surface area contributed by atoms with E-state index in [0.29, 0.717) is 5.92 Å². The van der Waals surface area contributed by atoms with Crippen molar-refractivity contribution in [2.45, 2.75) is 47.1 Å². The lowest BCUT2D eigenvalue weighted by molar-refractivity contribution is -0.124. The van der Waals surface area contributed by atoms with E-state index in [9.17, 15) is 4.79 Å². The molecule has 0 fully saturated rings. The maximum atomic E-state index is 11.5. The molecule has 0 bridgehead atoms. The molecule has 2 heteroatoms. The highest BCUT2D eigenvalue weighted by Crippen LogP contribution is 2.14. The van der Waals surface area contributed by atoms with E-state index < -0.39 is 0 Å². The highest BCUT2D eigenvalue weighted by molar-refractivity contribution is 5.78. The lowest BCUT2D eigenvalue weighted by Gasteiger charge is -2.25. The van der Waals surface area contributed by atoms with Crippen molar-refractivity contribution in [3.63, 3.8) is 0 Å². The zero-order valence-electron chi connectivity index (χ0n) is 10.1. The molecule has 0 aromatic rings. The van der Waals surface area contributed by atoms with Crippen molar-refractivity contribution in [1.29, 1.82) is 0 Å². The van der Waals surface area contributed by atoms with Gasteiger partial charge in [-0.25, -0.2) is 0 Å². The van der Waals surface area contributed by atoms with Gasteiger partial charge >= 0.3 is 0 Å². The van der Waals surface area contributed by atoms with E-state index in [-0.39, 0.29) is 17.9 Å². The predicted molar refractivity (Wildman–Crippen MR) is 61.0 cm³/mol. The van der Waals surface area contributed by atoms with Gasteiger partial charge in [-0.2, -0.15) is 0 Å². The van der Waals surface area contributed by atoms with Crippen LogP contribution in [0.1, 0.15) is 41.0 Å². The van der Waals surface area contributed by atoms with Gasteiger partial charge in [-0.3, -0.25) is 4.79 Å². The van der Waals surface area contributed by atoms with Crippen LogP contribution in [0.15, 0.2) is 12.2 Å². The summed E-state index contributed by atoms with van der Waals surface area (Å²) in [4.78, 5) is 11.5. The average Bonchev–Trinajstić information content (AvgIpc) is 2.11. The van der Waals surface area contributed by atoms with E-state index in [1.807, 2.05) is 20.8 Å². The molecule has 0 spiro atoms. The maximum Gasteiger partial charge on any atom is 0.223 e. The lowest BCUT2D eigenvalue weighted by atomic mass is 9.93. The van der Waals surface area contributed by atoms with Crippen LogP contribution in [0, 0.1) is 11.8 Å². The van der Waals surface area contributed by atoms with Gasteiger partial charge < -0.3 is 5.32 Å². The third kappa shape index (κ3) is 3.95. The molecular weight excluding hydrogens is 174 g/mol. The Morgan fingerprint density at radius 3 is 2.14 bits per heavy atom. The molecule has 0 aromatic heterocycles. The van der Waals surface area contributed by atoms with Gasteiger partial charge in [0, 0.05) is 5.92 Å². The van der Waals surface area contributed by atoms with Crippen molar-refractivity contribution in [2.24, 2.45) is 11.8 Å². The third-order valence-electron chi connectivity index (χ3n) is 2.57. The van der Waals surface area contributed by atoms with Crippen LogP contribution in [0.4, 0.5) is 0 Å². The maximum absolute atomic E-state index is 11.5. The molecule has 0 aliphatic heterocycles. The highest BCUT2D eigenvalue weighted by Gasteiger charge is 2.19. The number of carbonyl (C=O) groups excluding carboxylic acids is 1. The smallest absolute Gasteiger partial charge is 0.223 e. The van der Waals surface area contributed by atoms with E-state index in [1.165, 1.54) is 0 Å². The first-order valence-corrected chi connectivity index (χ1v) is 5.35. The van der Waals surface area contributed by atoms with E-state index in [4.69, 9.17) is 0 Å². The Balaban J connectivity index is 4.38. The second kappa shape index (κ2) is 5.84. The van der Waals surface area contributed by atoms with Crippen LogP contribution >= 0.6 is 0 Å². The van der Waals surface area contributed by atoms with Gasteiger partial charge in [-0.1, -0.05) is 46.3 Å². The first-order chi connectivity index (χ1) is 6.40. The van der Waals surface area contributed by atoms with Crippen LogP contribution in [-0.2, 0) is 4.79 Å². The van der Waals surface area contributed by atoms with Crippen molar-refractivity contribution < 1.29 is 4.79 Å². The van der Waals surface area contributed by atoms with Crippen LogP contribution < -0.4 is 5.32 Å². The minimum Gasteiger partial charge on any atom is -0.349 e. The quantitative estimate of drug-likeness (QED) is 0.675. The van der Waals surface area contributed by atoms with Gasteiger partial charge in [0.2, 0.25) is 5.91 Å². The summed E-state index contributed by atoms with van der Waals surface area (Å²) < 4.78 is 0. The molecule has 82 valence electrons. The third-order valence-corrected chi connectivity index (χ3v) is 2.57. The monoisotopic (exact) mass is 197 g/mol. The van der Waals surface area contributed by atoms with Crippen LogP contribution in [0.3, 0.4) is 0 Å². The normalized spacial score (nSPS) is 15.0. The lowest BCUT2D eigenvalue weighted by Crippen LogP contribution is -2.41. The zero-order valence-corrected chi connectivity index (χ0v) is 10.1. The molecule has 14 heavy (non-hydrogen) atoms. The fourth-order valence-electron chi connectivity index (χ4n) is 1.31. The molecule has 2 nitrogen and oxygen atoms in total. The molecule has 0 rings (SSSR count). The highest BCUT2D eigenvalue weighted by atomic mass is 16.1.